The van der Waals surface area contributed by atoms with Crippen molar-refractivity contribution in [3.05, 3.63) is 24.6 Å². The highest BCUT2D eigenvalue weighted by Gasteiger charge is 2.21. The number of pyridine rings is 1. The maximum Gasteiger partial charge on any atom is 0.307 e. The molecular formula is C8H5F2I2NO2. The topological polar surface area (TPSA) is 50.2 Å². The van der Waals surface area contributed by atoms with E-state index in [2.05, 4.69) is 4.98 Å². The van der Waals surface area contributed by atoms with Gasteiger partial charge in [-0.25, -0.2) is 13.8 Å². The van der Waals surface area contributed by atoms with Gasteiger partial charge < -0.3 is 5.11 Å². The Balaban J connectivity index is 3.31. The molecule has 0 aliphatic rings. The van der Waals surface area contributed by atoms with Crippen LogP contribution in [0.4, 0.5) is 8.78 Å². The molecule has 82 valence electrons. The normalized spacial score (nSPS) is 10.7. The van der Waals surface area contributed by atoms with E-state index in [-0.39, 0.29) is 11.1 Å². The van der Waals surface area contributed by atoms with Crippen LogP contribution in [0.25, 0.3) is 0 Å². The minimum Gasteiger partial charge on any atom is -0.481 e. The molecule has 0 aliphatic heterocycles. The quantitative estimate of drug-likeness (QED) is 0.583. The average molecular weight is 439 g/mol. The van der Waals surface area contributed by atoms with Crippen molar-refractivity contribution in [3.63, 3.8) is 0 Å². The number of halogens is 4. The molecule has 1 aromatic rings. The summed E-state index contributed by atoms with van der Waals surface area (Å²) in [5.74, 6) is -1.14. The van der Waals surface area contributed by atoms with Gasteiger partial charge in [0.2, 0.25) is 0 Å². The molecule has 0 bridgehead atoms. The third-order valence-electron chi connectivity index (χ3n) is 1.67. The standard InChI is InChI=1S/C8H5F2I2NO2/c9-7(10)6-3(1-5(14)15)8(12)13-2-4(6)11/h2,7H,1H2,(H,14,15). The third-order valence-corrected chi connectivity index (χ3v) is 3.46. The van der Waals surface area contributed by atoms with Gasteiger partial charge in [-0.15, -0.1) is 0 Å². The van der Waals surface area contributed by atoms with Crippen LogP contribution in [0.1, 0.15) is 17.6 Å². The van der Waals surface area contributed by atoms with Crippen LogP contribution in [-0.2, 0) is 11.2 Å². The Labute approximate surface area is 112 Å². The monoisotopic (exact) mass is 439 g/mol. The number of aliphatic carboxylic acids is 1. The Hall–Kier alpha value is -0.0600. The minimum absolute atomic E-state index is 0.102. The summed E-state index contributed by atoms with van der Waals surface area (Å²) in [4.78, 5) is 14.4. The van der Waals surface area contributed by atoms with Gasteiger partial charge in [0, 0.05) is 20.9 Å². The van der Waals surface area contributed by atoms with E-state index in [9.17, 15) is 13.6 Å². The van der Waals surface area contributed by atoms with Gasteiger partial charge in [0.1, 0.15) is 3.70 Å². The lowest BCUT2D eigenvalue weighted by atomic mass is 10.1. The van der Waals surface area contributed by atoms with E-state index in [0.29, 0.717) is 7.27 Å². The number of carbonyl (C=O) groups is 1. The number of carboxylic acids is 1. The zero-order valence-electron chi connectivity index (χ0n) is 7.18. The fourth-order valence-electron chi connectivity index (χ4n) is 1.07. The van der Waals surface area contributed by atoms with E-state index in [1.807, 2.05) is 0 Å². The SMILES string of the molecule is O=C(O)Cc1c(I)ncc(I)c1C(F)F. The van der Waals surface area contributed by atoms with Crippen molar-refractivity contribution in [2.24, 2.45) is 0 Å². The molecule has 1 N–H and O–H groups in total. The first-order valence-corrected chi connectivity index (χ1v) is 5.92. The maximum atomic E-state index is 12.7. The number of nitrogens with zero attached hydrogens (tertiary/aromatic N) is 1. The van der Waals surface area contributed by atoms with E-state index < -0.39 is 18.8 Å². The van der Waals surface area contributed by atoms with Crippen LogP contribution in [0, 0.1) is 7.27 Å². The van der Waals surface area contributed by atoms with Crippen molar-refractivity contribution < 1.29 is 18.7 Å². The number of rotatable bonds is 3. The van der Waals surface area contributed by atoms with Gasteiger partial charge in [0.15, 0.2) is 0 Å². The molecule has 0 aromatic carbocycles. The van der Waals surface area contributed by atoms with E-state index in [1.165, 1.54) is 6.20 Å². The summed E-state index contributed by atoms with van der Waals surface area (Å²) in [5.41, 5.74) is -0.123. The molecule has 1 heterocycles. The summed E-state index contributed by atoms with van der Waals surface area (Å²) in [6.45, 7) is 0. The number of aromatic nitrogens is 1. The molecule has 0 unspecified atom stereocenters. The molecule has 3 nitrogen and oxygen atoms in total. The van der Waals surface area contributed by atoms with Crippen molar-refractivity contribution in [3.8, 4) is 0 Å². The van der Waals surface area contributed by atoms with Gasteiger partial charge in [-0.05, 0) is 45.2 Å². The van der Waals surface area contributed by atoms with Gasteiger partial charge in [0.25, 0.3) is 6.43 Å². The van der Waals surface area contributed by atoms with Crippen LogP contribution in [0.3, 0.4) is 0 Å². The summed E-state index contributed by atoms with van der Waals surface area (Å²) in [7, 11) is 0. The molecule has 0 aliphatic carbocycles. The molecule has 0 atom stereocenters. The molecular weight excluding hydrogens is 434 g/mol. The van der Waals surface area contributed by atoms with Crippen LogP contribution < -0.4 is 0 Å². The van der Waals surface area contributed by atoms with Gasteiger partial charge in [-0.3, -0.25) is 4.79 Å². The van der Waals surface area contributed by atoms with Crippen LogP contribution in [0.5, 0.6) is 0 Å². The molecule has 0 saturated carbocycles. The molecule has 0 fully saturated rings. The molecule has 15 heavy (non-hydrogen) atoms. The molecule has 0 saturated heterocycles. The first-order valence-electron chi connectivity index (χ1n) is 3.76. The Morgan fingerprint density at radius 1 is 1.53 bits per heavy atom. The molecule has 0 amide bonds. The Kier molecular flexibility index (Phi) is 4.62. The second-order valence-corrected chi connectivity index (χ2v) is 4.84. The number of alkyl halides is 2. The van der Waals surface area contributed by atoms with Gasteiger partial charge in [0.05, 0.1) is 6.42 Å². The first kappa shape index (κ1) is 13.0. The highest BCUT2D eigenvalue weighted by Crippen LogP contribution is 2.30. The number of hydrogen-bond donors (Lipinski definition) is 1. The first-order chi connectivity index (χ1) is 6.93. The average Bonchev–Trinajstić information content (AvgIpc) is 2.10. The van der Waals surface area contributed by atoms with Gasteiger partial charge >= 0.3 is 5.97 Å². The fourth-order valence-corrected chi connectivity index (χ4v) is 2.39. The number of hydrogen-bond acceptors (Lipinski definition) is 2. The zero-order chi connectivity index (χ0) is 11.6. The summed E-state index contributed by atoms with van der Waals surface area (Å²) in [5, 5.41) is 8.61. The maximum absolute atomic E-state index is 12.7. The zero-order valence-corrected chi connectivity index (χ0v) is 11.5. The summed E-state index contributed by atoms with van der Waals surface area (Å²) in [6.07, 6.45) is -1.79. The second kappa shape index (κ2) is 5.32. The van der Waals surface area contributed by atoms with E-state index in [1.54, 1.807) is 45.2 Å². The van der Waals surface area contributed by atoms with Crippen molar-refractivity contribution in [2.75, 3.05) is 0 Å². The molecule has 1 rings (SSSR count). The second-order valence-electron chi connectivity index (χ2n) is 2.66. The van der Waals surface area contributed by atoms with Gasteiger partial charge in [-0.2, -0.15) is 0 Å². The fraction of sp³-hybridized carbons (Fsp3) is 0.250. The predicted molar refractivity (Wildman–Crippen MR) is 66.0 cm³/mol. The van der Waals surface area contributed by atoms with Crippen molar-refractivity contribution in [1.29, 1.82) is 0 Å². The van der Waals surface area contributed by atoms with Crippen LogP contribution in [-0.4, -0.2) is 16.1 Å². The Morgan fingerprint density at radius 3 is 2.60 bits per heavy atom. The summed E-state index contributed by atoms with van der Waals surface area (Å²) < 4.78 is 26.0. The largest absolute Gasteiger partial charge is 0.481 e. The Bertz CT molecular complexity index is 398. The van der Waals surface area contributed by atoms with Gasteiger partial charge in [-0.1, -0.05) is 0 Å². The Morgan fingerprint density at radius 2 is 2.13 bits per heavy atom. The number of carboxylic acid groups (broad SMARTS) is 1. The highest BCUT2D eigenvalue weighted by molar-refractivity contribution is 14.1. The highest BCUT2D eigenvalue weighted by atomic mass is 127. The van der Waals surface area contributed by atoms with E-state index in [4.69, 9.17) is 5.11 Å². The van der Waals surface area contributed by atoms with Crippen LogP contribution in [0.15, 0.2) is 6.20 Å². The van der Waals surface area contributed by atoms with E-state index in [0.717, 1.165) is 0 Å². The molecule has 7 heteroatoms. The predicted octanol–water partition coefficient (Wildman–Crippen LogP) is 2.86. The van der Waals surface area contributed by atoms with E-state index >= 15 is 0 Å². The van der Waals surface area contributed by atoms with Crippen LogP contribution in [0.2, 0.25) is 0 Å². The minimum atomic E-state index is -2.68. The van der Waals surface area contributed by atoms with Crippen molar-refractivity contribution in [2.45, 2.75) is 12.8 Å². The third kappa shape index (κ3) is 3.20. The van der Waals surface area contributed by atoms with Crippen molar-refractivity contribution in [1.82, 2.24) is 4.98 Å². The smallest absolute Gasteiger partial charge is 0.307 e. The lowest BCUT2D eigenvalue weighted by molar-refractivity contribution is -0.136. The van der Waals surface area contributed by atoms with Crippen molar-refractivity contribution >= 4 is 51.2 Å². The molecule has 0 radical (unpaired) electrons. The van der Waals surface area contributed by atoms with Crippen LogP contribution >= 0.6 is 45.2 Å². The molecule has 0 spiro atoms. The summed E-state index contributed by atoms with van der Waals surface area (Å²) >= 11 is 3.48. The summed E-state index contributed by atoms with van der Waals surface area (Å²) in [6, 6.07) is 0. The lowest BCUT2D eigenvalue weighted by Gasteiger charge is -2.10. The molecule has 1 aromatic heterocycles. The lowest BCUT2D eigenvalue weighted by Crippen LogP contribution is -2.09.